The predicted molar refractivity (Wildman–Crippen MR) is 64.5 cm³/mol. The van der Waals surface area contributed by atoms with E-state index in [1.54, 1.807) is 18.6 Å². The lowest BCUT2D eigenvalue weighted by atomic mass is 9.94. The van der Waals surface area contributed by atoms with Gasteiger partial charge in [0.25, 0.3) is 0 Å². The van der Waals surface area contributed by atoms with Crippen LogP contribution in [0.4, 0.5) is 0 Å². The van der Waals surface area contributed by atoms with E-state index in [0.717, 1.165) is 13.0 Å². The molecule has 0 amide bonds. The number of piperidine rings is 1. The van der Waals surface area contributed by atoms with E-state index in [4.69, 9.17) is 4.52 Å². The minimum Gasteiger partial charge on any atom is -0.337 e. The van der Waals surface area contributed by atoms with Gasteiger partial charge >= 0.3 is 0 Å². The van der Waals surface area contributed by atoms with Crippen LogP contribution in [0.1, 0.15) is 31.7 Å². The topological polar surface area (TPSA) is 76.7 Å². The second-order valence-corrected chi connectivity index (χ2v) is 4.68. The molecule has 18 heavy (non-hydrogen) atoms. The lowest BCUT2D eigenvalue weighted by Crippen LogP contribution is -2.30. The monoisotopic (exact) mass is 245 g/mol. The fraction of sp³-hybridized carbons (Fsp3) is 0.500. The molecule has 1 N–H and O–H groups in total. The van der Waals surface area contributed by atoms with E-state index in [1.807, 2.05) is 0 Å². The zero-order valence-corrected chi connectivity index (χ0v) is 10.2. The lowest BCUT2D eigenvalue weighted by Gasteiger charge is -2.25. The molecule has 1 saturated heterocycles. The number of hydrogen-bond donors (Lipinski definition) is 1. The molecular formula is C12H15N5O. The Morgan fingerprint density at radius 1 is 1.39 bits per heavy atom. The van der Waals surface area contributed by atoms with Gasteiger partial charge in [0.15, 0.2) is 0 Å². The fourth-order valence-electron chi connectivity index (χ4n) is 2.19. The summed E-state index contributed by atoms with van der Waals surface area (Å²) in [7, 11) is 0. The Kier molecular flexibility index (Phi) is 3.02. The molecule has 0 bridgehead atoms. The molecule has 2 aromatic rings. The maximum Gasteiger partial charge on any atom is 0.244 e. The standard InChI is InChI=1S/C12H15N5O/c1-8-2-3-14-9(6-8)12-16-11(17-18-12)10-7-13-4-5-15-10/h4-5,7-9,14H,2-3,6H2,1H3. The summed E-state index contributed by atoms with van der Waals surface area (Å²) >= 11 is 0. The van der Waals surface area contributed by atoms with Crippen molar-refractivity contribution in [3.8, 4) is 11.5 Å². The second-order valence-electron chi connectivity index (χ2n) is 4.68. The Morgan fingerprint density at radius 3 is 3.11 bits per heavy atom. The molecule has 0 saturated carbocycles. The van der Waals surface area contributed by atoms with Gasteiger partial charge in [0.1, 0.15) is 5.69 Å². The van der Waals surface area contributed by atoms with Gasteiger partial charge in [-0.3, -0.25) is 4.98 Å². The first-order valence-corrected chi connectivity index (χ1v) is 6.16. The average Bonchev–Trinajstić information content (AvgIpc) is 2.89. The zero-order chi connectivity index (χ0) is 12.4. The molecule has 0 radical (unpaired) electrons. The van der Waals surface area contributed by atoms with Crippen LogP contribution in [-0.2, 0) is 0 Å². The second kappa shape index (κ2) is 4.81. The van der Waals surface area contributed by atoms with Gasteiger partial charge in [-0.25, -0.2) is 4.98 Å². The molecule has 3 rings (SSSR count). The van der Waals surface area contributed by atoms with E-state index in [1.165, 1.54) is 6.42 Å². The molecule has 94 valence electrons. The molecule has 2 unspecified atom stereocenters. The smallest absolute Gasteiger partial charge is 0.244 e. The summed E-state index contributed by atoms with van der Waals surface area (Å²) in [6, 6.07) is 0.159. The van der Waals surface area contributed by atoms with Crippen LogP contribution in [0.5, 0.6) is 0 Å². The molecule has 3 heterocycles. The SMILES string of the molecule is CC1CCNC(c2nc(-c3cnccn3)no2)C1. The molecule has 1 aliphatic heterocycles. The Hall–Kier alpha value is -1.82. The van der Waals surface area contributed by atoms with Crippen molar-refractivity contribution in [1.82, 2.24) is 25.4 Å². The molecule has 0 spiro atoms. The average molecular weight is 245 g/mol. The molecule has 2 aromatic heterocycles. The van der Waals surface area contributed by atoms with Gasteiger partial charge < -0.3 is 9.84 Å². The van der Waals surface area contributed by atoms with E-state index in [2.05, 4.69) is 32.3 Å². The number of nitrogens with one attached hydrogen (secondary N) is 1. The first-order chi connectivity index (χ1) is 8.83. The maximum atomic E-state index is 5.32. The third-order valence-electron chi connectivity index (χ3n) is 3.20. The van der Waals surface area contributed by atoms with Crippen LogP contribution in [0.2, 0.25) is 0 Å². The van der Waals surface area contributed by atoms with E-state index in [-0.39, 0.29) is 6.04 Å². The van der Waals surface area contributed by atoms with Gasteiger partial charge in [-0.2, -0.15) is 4.98 Å². The molecular weight excluding hydrogens is 230 g/mol. The van der Waals surface area contributed by atoms with Crippen molar-refractivity contribution in [2.75, 3.05) is 6.54 Å². The van der Waals surface area contributed by atoms with Gasteiger partial charge in [0.05, 0.1) is 12.2 Å². The highest BCUT2D eigenvalue weighted by molar-refractivity contribution is 5.45. The summed E-state index contributed by atoms with van der Waals surface area (Å²) < 4.78 is 5.32. The van der Waals surface area contributed by atoms with Crippen molar-refractivity contribution in [3.63, 3.8) is 0 Å². The van der Waals surface area contributed by atoms with Crippen molar-refractivity contribution in [2.45, 2.75) is 25.8 Å². The van der Waals surface area contributed by atoms with Crippen molar-refractivity contribution in [2.24, 2.45) is 5.92 Å². The van der Waals surface area contributed by atoms with Gasteiger partial charge in [-0.1, -0.05) is 12.1 Å². The Morgan fingerprint density at radius 2 is 2.33 bits per heavy atom. The Labute approximate surface area is 105 Å². The predicted octanol–water partition coefficient (Wildman–Crippen LogP) is 1.59. The van der Waals surface area contributed by atoms with Gasteiger partial charge in [0, 0.05) is 12.4 Å². The van der Waals surface area contributed by atoms with Crippen LogP contribution in [0, 0.1) is 5.92 Å². The highest BCUT2D eigenvalue weighted by Crippen LogP contribution is 2.26. The van der Waals surface area contributed by atoms with Crippen LogP contribution in [0.3, 0.4) is 0 Å². The summed E-state index contributed by atoms with van der Waals surface area (Å²) in [6.07, 6.45) is 7.09. The minimum atomic E-state index is 0.159. The molecule has 1 aliphatic rings. The van der Waals surface area contributed by atoms with Gasteiger partial charge in [0.2, 0.25) is 11.7 Å². The normalized spacial score (nSPS) is 24.1. The first kappa shape index (κ1) is 11.3. The van der Waals surface area contributed by atoms with Crippen molar-refractivity contribution in [1.29, 1.82) is 0 Å². The van der Waals surface area contributed by atoms with E-state index >= 15 is 0 Å². The van der Waals surface area contributed by atoms with Crippen LogP contribution in [0.25, 0.3) is 11.5 Å². The molecule has 1 fully saturated rings. The molecule has 0 aliphatic carbocycles. The fourth-order valence-corrected chi connectivity index (χ4v) is 2.19. The summed E-state index contributed by atoms with van der Waals surface area (Å²) in [5.41, 5.74) is 0.636. The number of nitrogens with zero attached hydrogens (tertiary/aromatic N) is 4. The van der Waals surface area contributed by atoms with E-state index in [9.17, 15) is 0 Å². The molecule has 6 heteroatoms. The van der Waals surface area contributed by atoms with Crippen LogP contribution in [0.15, 0.2) is 23.1 Å². The highest BCUT2D eigenvalue weighted by atomic mass is 16.5. The first-order valence-electron chi connectivity index (χ1n) is 6.16. The highest BCUT2D eigenvalue weighted by Gasteiger charge is 2.25. The molecule has 6 nitrogen and oxygen atoms in total. The van der Waals surface area contributed by atoms with Crippen molar-refractivity contribution >= 4 is 0 Å². The van der Waals surface area contributed by atoms with Crippen LogP contribution < -0.4 is 5.32 Å². The van der Waals surface area contributed by atoms with Crippen LogP contribution in [-0.4, -0.2) is 26.7 Å². The minimum absolute atomic E-state index is 0.159. The summed E-state index contributed by atoms with van der Waals surface area (Å²) in [6.45, 7) is 3.24. The number of hydrogen-bond acceptors (Lipinski definition) is 6. The molecule has 2 atom stereocenters. The number of rotatable bonds is 2. The number of aromatic nitrogens is 4. The maximum absolute atomic E-state index is 5.32. The molecule has 0 aromatic carbocycles. The van der Waals surface area contributed by atoms with E-state index in [0.29, 0.717) is 23.3 Å². The van der Waals surface area contributed by atoms with E-state index < -0.39 is 0 Å². The Balaban J connectivity index is 1.81. The summed E-state index contributed by atoms with van der Waals surface area (Å²) in [4.78, 5) is 12.5. The van der Waals surface area contributed by atoms with Crippen molar-refractivity contribution in [3.05, 3.63) is 24.5 Å². The van der Waals surface area contributed by atoms with Crippen LogP contribution >= 0.6 is 0 Å². The zero-order valence-electron chi connectivity index (χ0n) is 10.2. The summed E-state index contributed by atoms with van der Waals surface area (Å²) in [5.74, 6) is 1.82. The lowest BCUT2D eigenvalue weighted by molar-refractivity contribution is 0.260. The quantitative estimate of drug-likeness (QED) is 0.865. The van der Waals surface area contributed by atoms with Gasteiger partial charge in [-0.05, 0) is 25.3 Å². The Bertz CT molecular complexity index is 512. The van der Waals surface area contributed by atoms with Gasteiger partial charge in [-0.15, -0.1) is 0 Å². The third kappa shape index (κ3) is 2.24. The summed E-state index contributed by atoms with van der Waals surface area (Å²) in [5, 5.41) is 7.36. The third-order valence-corrected chi connectivity index (χ3v) is 3.20. The van der Waals surface area contributed by atoms with Crippen molar-refractivity contribution < 1.29 is 4.52 Å². The largest absolute Gasteiger partial charge is 0.337 e.